The first-order chi connectivity index (χ1) is 9.28. The molecule has 20 heavy (non-hydrogen) atoms. The Morgan fingerprint density at radius 2 is 2.25 bits per heavy atom. The number of nitrogens with zero attached hydrogens (tertiary/aromatic N) is 2. The lowest BCUT2D eigenvalue weighted by atomic mass is 10.2. The zero-order chi connectivity index (χ0) is 15.2. The number of carboxylic acids is 1. The molecule has 0 fully saturated rings. The smallest absolute Gasteiger partial charge is 0.408 e. The number of alkyl carbamates (subject to hydrolysis) is 1. The van der Waals surface area contributed by atoms with Crippen molar-refractivity contribution in [2.24, 2.45) is 0 Å². The summed E-state index contributed by atoms with van der Waals surface area (Å²) in [5.41, 5.74) is 0.0532. The number of amides is 1. The first kappa shape index (κ1) is 16.3. The number of ether oxygens (including phenoxy) is 1. The quantitative estimate of drug-likeness (QED) is 0.718. The maximum absolute atomic E-state index is 11.5. The van der Waals surface area contributed by atoms with Crippen LogP contribution < -0.4 is 5.32 Å². The number of carboxylic acid groups (broad SMARTS) is 1. The Labute approximate surface area is 120 Å². The van der Waals surface area contributed by atoms with Crippen molar-refractivity contribution in [1.29, 1.82) is 0 Å². The second-order valence-electron chi connectivity index (χ2n) is 5.01. The van der Waals surface area contributed by atoms with Crippen molar-refractivity contribution in [3.05, 3.63) is 11.9 Å². The van der Waals surface area contributed by atoms with Gasteiger partial charge in [-0.2, -0.15) is 27.2 Å². The van der Waals surface area contributed by atoms with Crippen molar-refractivity contribution in [1.82, 2.24) is 20.7 Å². The standard InChI is InChI=1S/C11H18N4O4S/c1-11(2,3)19-10(18)13-8(9(16)17)6-20-5-7-4-12-15-14-7/h4,8H,5-6H2,1-3H3,(H,13,18)(H,16,17)(H,12,14,15)/t8-/m0/s1. The van der Waals surface area contributed by atoms with Gasteiger partial charge in [0.1, 0.15) is 11.6 Å². The molecule has 9 heteroatoms. The Bertz CT molecular complexity index is 444. The van der Waals surface area contributed by atoms with Crippen molar-refractivity contribution < 1.29 is 19.4 Å². The zero-order valence-electron chi connectivity index (χ0n) is 11.5. The SMILES string of the molecule is CC(C)(C)OC(=O)N[C@@H](CSCc1cn[nH]n1)C(=O)O. The van der Waals surface area contributed by atoms with Gasteiger partial charge < -0.3 is 15.2 Å². The van der Waals surface area contributed by atoms with Crippen LogP contribution in [0.25, 0.3) is 0 Å². The summed E-state index contributed by atoms with van der Waals surface area (Å²) in [4.78, 5) is 22.6. The summed E-state index contributed by atoms with van der Waals surface area (Å²) in [6.45, 7) is 5.13. The van der Waals surface area contributed by atoms with E-state index in [2.05, 4.69) is 20.7 Å². The Balaban J connectivity index is 2.40. The Kier molecular flexibility index (Phi) is 5.81. The molecular formula is C11H18N4O4S. The van der Waals surface area contributed by atoms with Gasteiger partial charge in [-0.1, -0.05) is 0 Å². The largest absolute Gasteiger partial charge is 0.480 e. The van der Waals surface area contributed by atoms with Crippen molar-refractivity contribution >= 4 is 23.8 Å². The van der Waals surface area contributed by atoms with Gasteiger partial charge in [0.2, 0.25) is 0 Å². The Morgan fingerprint density at radius 3 is 2.75 bits per heavy atom. The summed E-state index contributed by atoms with van der Waals surface area (Å²) in [6.07, 6.45) is 0.816. The van der Waals surface area contributed by atoms with E-state index >= 15 is 0 Å². The van der Waals surface area contributed by atoms with Gasteiger partial charge in [-0.3, -0.25) is 0 Å². The molecule has 8 nitrogen and oxygen atoms in total. The highest BCUT2D eigenvalue weighted by Crippen LogP contribution is 2.11. The molecule has 0 aliphatic heterocycles. The number of carbonyl (C=O) groups is 2. The number of thioether (sulfide) groups is 1. The molecule has 1 atom stereocenters. The van der Waals surface area contributed by atoms with Crippen molar-refractivity contribution in [2.75, 3.05) is 5.75 Å². The number of rotatable bonds is 6. The third-order valence-corrected chi connectivity index (χ3v) is 3.06. The van der Waals surface area contributed by atoms with Crippen LogP contribution in [0, 0.1) is 0 Å². The molecule has 0 aliphatic carbocycles. The number of H-pyrrole nitrogens is 1. The van der Waals surface area contributed by atoms with Crippen LogP contribution in [0.1, 0.15) is 26.5 Å². The topological polar surface area (TPSA) is 117 Å². The van der Waals surface area contributed by atoms with Gasteiger partial charge in [0.05, 0.1) is 11.9 Å². The zero-order valence-corrected chi connectivity index (χ0v) is 12.4. The maximum atomic E-state index is 11.5. The van der Waals surface area contributed by atoms with E-state index in [1.807, 2.05) is 0 Å². The fourth-order valence-corrected chi connectivity index (χ4v) is 2.13. The second kappa shape index (κ2) is 7.13. The van der Waals surface area contributed by atoms with Crippen LogP contribution in [0.15, 0.2) is 6.20 Å². The van der Waals surface area contributed by atoms with E-state index in [1.54, 1.807) is 27.0 Å². The summed E-state index contributed by atoms with van der Waals surface area (Å²) in [5, 5.41) is 21.4. The van der Waals surface area contributed by atoms with Crippen LogP contribution in [-0.2, 0) is 15.3 Å². The lowest BCUT2D eigenvalue weighted by molar-refractivity contribution is -0.138. The first-order valence-corrected chi connectivity index (χ1v) is 7.08. The van der Waals surface area contributed by atoms with Crippen LogP contribution in [-0.4, -0.2) is 50.0 Å². The highest BCUT2D eigenvalue weighted by atomic mass is 32.2. The Hall–Kier alpha value is -1.77. The molecule has 0 saturated heterocycles. The average Bonchev–Trinajstić information content (AvgIpc) is 2.77. The van der Waals surface area contributed by atoms with Crippen LogP contribution in [0.4, 0.5) is 4.79 Å². The van der Waals surface area contributed by atoms with E-state index in [4.69, 9.17) is 9.84 Å². The highest BCUT2D eigenvalue weighted by Gasteiger charge is 2.23. The van der Waals surface area contributed by atoms with Gasteiger partial charge in [-0.25, -0.2) is 9.59 Å². The number of hydrogen-bond donors (Lipinski definition) is 3. The van der Waals surface area contributed by atoms with Gasteiger partial charge >= 0.3 is 12.1 Å². The molecule has 0 bridgehead atoms. The van der Waals surface area contributed by atoms with E-state index in [0.717, 1.165) is 5.69 Å². The molecule has 3 N–H and O–H groups in total. The van der Waals surface area contributed by atoms with E-state index in [0.29, 0.717) is 5.75 Å². The molecule has 0 saturated carbocycles. The van der Waals surface area contributed by atoms with Crippen LogP contribution >= 0.6 is 11.8 Å². The molecule has 1 heterocycles. The minimum Gasteiger partial charge on any atom is -0.480 e. The number of hydrogen-bond acceptors (Lipinski definition) is 6. The highest BCUT2D eigenvalue weighted by molar-refractivity contribution is 7.98. The van der Waals surface area contributed by atoms with Crippen molar-refractivity contribution in [3.8, 4) is 0 Å². The summed E-state index contributed by atoms with van der Waals surface area (Å²) in [7, 11) is 0. The number of aromatic amines is 1. The van der Waals surface area contributed by atoms with Crippen LogP contribution in [0.2, 0.25) is 0 Å². The van der Waals surface area contributed by atoms with E-state index in [1.165, 1.54) is 11.8 Å². The third-order valence-electron chi connectivity index (χ3n) is 1.99. The lowest BCUT2D eigenvalue weighted by Crippen LogP contribution is -2.44. The molecule has 0 radical (unpaired) electrons. The van der Waals surface area contributed by atoms with Gasteiger partial charge in [0.15, 0.2) is 0 Å². The number of aromatic nitrogens is 3. The fourth-order valence-electron chi connectivity index (χ4n) is 1.20. The van der Waals surface area contributed by atoms with E-state index < -0.39 is 23.7 Å². The molecule has 0 aromatic carbocycles. The minimum atomic E-state index is -1.11. The normalized spacial score (nSPS) is 12.8. The summed E-state index contributed by atoms with van der Waals surface area (Å²) >= 11 is 1.33. The monoisotopic (exact) mass is 302 g/mol. The molecule has 1 amide bonds. The van der Waals surface area contributed by atoms with Gasteiger partial charge in [0, 0.05) is 11.5 Å². The maximum Gasteiger partial charge on any atom is 0.408 e. The van der Waals surface area contributed by atoms with E-state index in [9.17, 15) is 9.59 Å². The first-order valence-electron chi connectivity index (χ1n) is 5.92. The molecule has 0 aliphatic rings. The molecule has 0 spiro atoms. The molecule has 1 rings (SSSR count). The van der Waals surface area contributed by atoms with Crippen molar-refractivity contribution in [3.63, 3.8) is 0 Å². The molecule has 1 aromatic heterocycles. The molecular weight excluding hydrogens is 284 g/mol. The summed E-state index contributed by atoms with van der Waals surface area (Å²) < 4.78 is 5.02. The van der Waals surface area contributed by atoms with E-state index in [-0.39, 0.29) is 5.75 Å². The Morgan fingerprint density at radius 1 is 1.55 bits per heavy atom. The van der Waals surface area contributed by atoms with Crippen molar-refractivity contribution in [2.45, 2.75) is 38.2 Å². The number of carbonyl (C=O) groups excluding carboxylic acids is 1. The van der Waals surface area contributed by atoms with Crippen LogP contribution in [0.3, 0.4) is 0 Å². The molecule has 0 unspecified atom stereocenters. The molecule has 1 aromatic rings. The number of nitrogens with one attached hydrogen (secondary N) is 2. The van der Waals surface area contributed by atoms with Gasteiger partial charge in [-0.15, -0.1) is 0 Å². The number of aliphatic carboxylic acids is 1. The summed E-state index contributed by atoms with van der Waals surface area (Å²) in [6, 6.07) is -1.01. The molecule has 112 valence electrons. The van der Waals surface area contributed by atoms with Crippen LogP contribution in [0.5, 0.6) is 0 Å². The summed E-state index contributed by atoms with van der Waals surface area (Å²) in [5.74, 6) is -0.388. The third kappa shape index (κ3) is 6.41. The minimum absolute atomic E-state index is 0.210. The van der Waals surface area contributed by atoms with Gasteiger partial charge in [-0.05, 0) is 20.8 Å². The lowest BCUT2D eigenvalue weighted by Gasteiger charge is -2.21. The second-order valence-corrected chi connectivity index (χ2v) is 6.04. The predicted octanol–water partition coefficient (Wildman–Crippen LogP) is 1.02. The predicted molar refractivity (Wildman–Crippen MR) is 73.3 cm³/mol. The fraction of sp³-hybridized carbons (Fsp3) is 0.636. The van der Waals surface area contributed by atoms with Gasteiger partial charge in [0.25, 0.3) is 0 Å². The average molecular weight is 302 g/mol.